The van der Waals surface area contributed by atoms with Gasteiger partial charge in [-0.15, -0.1) is 0 Å². The molecule has 2 aromatic carbocycles. The van der Waals surface area contributed by atoms with Crippen LogP contribution in [0.1, 0.15) is 23.7 Å². The number of aryl methyl sites for hydroxylation is 1. The van der Waals surface area contributed by atoms with Crippen LogP contribution in [0.5, 0.6) is 5.75 Å². The third-order valence-electron chi connectivity index (χ3n) is 3.87. The van der Waals surface area contributed by atoms with Gasteiger partial charge in [0.1, 0.15) is 12.4 Å². The molecule has 0 aliphatic rings. The van der Waals surface area contributed by atoms with Crippen molar-refractivity contribution in [3.63, 3.8) is 0 Å². The number of ether oxygens (including phenoxy) is 2. The quantitative estimate of drug-likeness (QED) is 0.479. The molecule has 4 heteroatoms. The molecule has 1 heterocycles. The summed E-state index contributed by atoms with van der Waals surface area (Å²) >= 11 is 0. The minimum atomic E-state index is -0.355. The van der Waals surface area contributed by atoms with E-state index in [4.69, 9.17) is 9.47 Å². The van der Waals surface area contributed by atoms with Gasteiger partial charge < -0.3 is 9.47 Å². The topological polar surface area (TPSA) is 48.4 Å². The molecular weight excluding hydrogens is 326 g/mol. The highest BCUT2D eigenvalue weighted by Crippen LogP contribution is 2.25. The van der Waals surface area contributed by atoms with Gasteiger partial charge in [-0.2, -0.15) is 0 Å². The molecule has 132 valence electrons. The first-order valence-corrected chi connectivity index (χ1v) is 8.58. The number of aromatic nitrogens is 1. The van der Waals surface area contributed by atoms with Crippen LogP contribution in [0.2, 0.25) is 0 Å². The molecule has 0 fully saturated rings. The fourth-order valence-corrected chi connectivity index (χ4v) is 2.69. The lowest BCUT2D eigenvalue weighted by atomic mass is 10.1. The highest BCUT2D eigenvalue weighted by Gasteiger charge is 2.06. The van der Waals surface area contributed by atoms with Crippen LogP contribution in [0.4, 0.5) is 0 Å². The second-order valence-electron chi connectivity index (χ2n) is 5.89. The number of benzene rings is 2. The van der Waals surface area contributed by atoms with Crippen LogP contribution in [0, 0.1) is 6.92 Å². The maximum absolute atomic E-state index is 11.6. The molecular formula is C22H21NO3. The molecule has 0 radical (unpaired) electrons. The summed E-state index contributed by atoms with van der Waals surface area (Å²) in [6, 6.07) is 17.8. The second-order valence-corrected chi connectivity index (χ2v) is 5.89. The third kappa shape index (κ3) is 4.48. The van der Waals surface area contributed by atoms with Crippen molar-refractivity contribution in [1.29, 1.82) is 0 Å². The molecule has 0 saturated heterocycles. The monoisotopic (exact) mass is 347 g/mol. The minimum absolute atomic E-state index is 0.355. The Morgan fingerprint density at radius 2 is 1.92 bits per heavy atom. The Bertz CT molecular complexity index is 933. The Morgan fingerprint density at radius 1 is 1.12 bits per heavy atom. The van der Waals surface area contributed by atoms with E-state index >= 15 is 0 Å². The maximum atomic E-state index is 11.6. The zero-order chi connectivity index (χ0) is 18.4. The number of esters is 1. The van der Waals surface area contributed by atoms with E-state index in [2.05, 4.69) is 4.98 Å². The van der Waals surface area contributed by atoms with Crippen LogP contribution in [0.3, 0.4) is 0 Å². The number of pyridine rings is 1. The van der Waals surface area contributed by atoms with E-state index in [0.717, 1.165) is 33.5 Å². The lowest BCUT2D eigenvalue weighted by molar-refractivity contribution is -0.137. The van der Waals surface area contributed by atoms with Crippen LogP contribution in [-0.4, -0.2) is 17.6 Å². The summed E-state index contributed by atoms with van der Waals surface area (Å²) in [5.41, 5.74) is 3.77. The predicted molar refractivity (Wildman–Crippen MR) is 103 cm³/mol. The third-order valence-corrected chi connectivity index (χ3v) is 3.87. The van der Waals surface area contributed by atoms with Crippen molar-refractivity contribution in [2.24, 2.45) is 0 Å². The number of nitrogens with zero attached hydrogens (tertiary/aromatic N) is 1. The van der Waals surface area contributed by atoms with Crippen molar-refractivity contribution in [3.8, 4) is 5.75 Å². The van der Waals surface area contributed by atoms with Crippen molar-refractivity contribution in [2.75, 3.05) is 6.61 Å². The average molecular weight is 347 g/mol. The first-order valence-electron chi connectivity index (χ1n) is 8.58. The predicted octanol–water partition coefficient (Wildman–Crippen LogP) is 4.70. The normalized spacial score (nSPS) is 11.0. The Hall–Kier alpha value is -3.14. The zero-order valence-electron chi connectivity index (χ0n) is 14.9. The molecule has 4 nitrogen and oxygen atoms in total. The van der Waals surface area contributed by atoms with E-state index in [1.807, 2.05) is 61.5 Å². The van der Waals surface area contributed by atoms with E-state index in [1.54, 1.807) is 13.0 Å². The Balaban J connectivity index is 1.88. The molecule has 0 spiro atoms. The van der Waals surface area contributed by atoms with E-state index in [1.165, 1.54) is 6.08 Å². The van der Waals surface area contributed by atoms with Gasteiger partial charge in [-0.1, -0.05) is 30.3 Å². The van der Waals surface area contributed by atoms with Gasteiger partial charge in [-0.25, -0.2) is 4.79 Å². The van der Waals surface area contributed by atoms with E-state index in [0.29, 0.717) is 13.2 Å². The van der Waals surface area contributed by atoms with Gasteiger partial charge in [0.2, 0.25) is 0 Å². The fourth-order valence-electron chi connectivity index (χ4n) is 2.69. The van der Waals surface area contributed by atoms with E-state index in [9.17, 15) is 4.79 Å². The molecule has 0 aliphatic carbocycles. The smallest absolute Gasteiger partial charge is 0.330 e. The largest absolute Gasteiger partial charge is 0.489 e. The molecule has 0 aliphatic heterocycles. The highest BCUT2D eigenvalue weighted by atomic mass is 16.5. The molecule has 3 rings (SSSR count). The number of hydrogen-bond donors (Lipinski definition) is 0. The number of carbonyl (C=O) groups excluding carboxylic acids is 1. The highest BCUT2D eigenvalue weighted by molar-refractivity contribution is 5.94. The molecule has 0 unspecified atom stereocenters. The maximum Gasteiger partial charge on any atom is 0.330 e. The van der Waals surface area contributed by atoms with E-state index < -0.39 is 0 Å². The van der Waals surface area contributed by atoms with Gasteiger partial charge in [0, 0.05) is 17.2 Å². The molecule has 26 heavy (non-hydrogen) atoms. The number of carbonyl (C=O) groups is 1. The molecule has 0 N–H and O–H groups in total. The lowest BCUT2D eigenvalue weighted by Crippen LogP contribution is -1.99. The van der Waals surface area contributed by atoms with Gasteiger partial charge in [0.05, 0.1) is 12.1 Å². The fraction of sp³-hybridized carbons (Fsp3) is 0.182. The Morgan fingerprint density at radius 3 is 2.69 bits per heavy atom. The molecule has 0 saturated carbocycles. The minimum Gasteiger partial charge on any atom is -0.489 e. The first kappa shape index (κ1) is 17.7. The van der Waals surface area contributed by atoms with Crippen LogP contribution >= 0.6 is 0 Å². The lowest BCUT2D eigenvalue weighted by Gasteiger charge is -2.09. The van der Waals surface area contributed by atoms with Gasteiger partial charge in [0.15, 0.2) is 0 Å². The number of fused-ring (bicyclic) bond motifs is 1. The molecule has 0 amide bonds. The van der Waals surface area contributed by atoms with E-state index in [-0.39, 0.29) is 5.97 Å². The average Bonchev–Trinajstić information content (AvgIpc) is 2.65. The SMILES string of the molecule is CCOC(=O)/C=C/c1cc(C)nc2ccc(OCc3ccccc3)cc12. The summed E-state index contributed by atoms with van der Waals surface area (Å²) in [5.74, 6) is 0.407. The summed E-state index contributed by atoms with van der Waals surface area (Å²) in [4.78, 5) is 16.2. The number of rotatable bonds is 6. The van der Waals surface area contributed by atoms with Gasteiger partial charge in [-0.3, -0.25) is 4.98 Å². The standard InChI is InChI=1S/C22H21NO3/c1-3-25-22(24)12-9-18-13-16(2)23-21-11-10-19(14-20(18)21)26-15-17-7-5-4-6-8-17/h4-14H,3,15H2,1-2H3/b12-9+. The van der Waals surface area contributed by atoms with Crippen LogP contribution < -0.4 is 4.74 Å². The van der Waals surface area contributed by atoms with Crippen molar-refractivity contribution in [1.82, 2.24) is 4.98 Å². The van der Waals surface area contributed by atoms with Crippen LogP contribution in [0.25, 0.3) is 17.0 Å². The molecule has 3 aromatic rings. The molecule has 0 atom stereocenters. The van der Waals surface area contributed by atoms with Crippen molar-refractivity contribution >= 4 is 22.9 Å². The summed E-state index contributed by atoms with van der Waals surface area (Å²) in [7, 11) is 0. The van der Waals surface area contributed by atoms with Crippen LogP contribution in [0.15, 0.2) is 60.7 Å². The van der Waals surface area contributed by atoms with Gasteiger partial charge in [0.25, 0.3) is 0 Å². The number of hydrogen-bond acceptors (Lipinski definition) is 4. The zero-order valence-corrected chi connectivity index (χ0v) is 14.9. The van der Waals surface area contributed by atoms with Crippen molar-refractivity contribution in [3.05, 3.63) is 77.5 Å². The van der Waals surface area contributed by atoms with Gasteiger partial charge in [-0.05, 0) is 55.3 Å². The van der Waals surface area contributed by atoms with Gasteiger partial charge >= 0.3 is 5.97 Å². The van der Waals surface area contributed by atoms with Crippen molar-refractivity contribution < 1.29 is 14.3 Å². The summed E-state index contributed by atoms with van der Waals surface area (Å²) in [6.45, 7) is 4.57. The Kier molecular flexibility index (Phi) is 5.64. The second kappa shape index (κ2) is 8.30. The van der Waals surface area contributed by atoms with Crippen LogP contribution in [-0.2, 0) is 16.1 Å². The summed E-state index contributed by atoms with van der Waals surface area (Å²) in [6.07, 6.45) is 3.20. The Labute approximate surface area is 153 Å². The summed E-state index contributed by atoms with van der Waals surface area (Å²) in [5, 5.41) is 0.932. The summed E-state index contributed by atoms with van der Waals surface area (Å²) < 4.78 is 10.9. The van der Waals surface area contributed by atoms with Crippen molar-refractivity contribution in [2.45, 2.75) is 20.5 Å². The molecule has 0 bridgehead atoms. The first-order chi connectivity index (χ1) is 12.7. The molecule has 1 aromatic heterocycles.